The van der Waals surface area contributed by atoms with E-state index in [0.717, 1.165) is 22.3 Å². The van der Waals surface area contributed by atoms with Crippen LogP contribution >= 0.6 is 0 Å². The lowest BCUT2D eigenvalue weighted by Gasteiger charge is -2.14. The van der Waals surface area contributed by atoms with E-state index in [1.165, 1.54) is 6.08 Å². The maximum atomic E-state index is 12.5. The van der Waals surface area contributed by atoms with Crippen molar-refractivity contribution in [2.24, 2.45) is 0 Å². The Hall–Kier alpha value is -2.58. The summed E-state index contributed by atoms with van der Waals surface area (Å²) < 4.78 is 27.7. The fraction of sp³-hybridized carbons (Fsp3) is 0.167. The quantitative estimate of drug-likeness (QED) is 0.865. The fourth-order valence-corrected chi connectivity index (χ4v) is 3.50. The molecule has 5 heteroatoms. The van der Waals surface area contributed by atoms with Gasteiger partial charge in [-0.25, -0.2) is 8.42 Å². The molecule has 0 aliphatic heterocycles. The molecule has 0 unspecified atom stereocenters. The van der Waals surface area contributed by atoms with Gasteiger partial charge in [-0.3, -0.25) is 4.72 Å². The summed E-state index contributed by atoms with van der Waals surface area (Å²) in [6.45, 7) is 5.58. The van der Waals surface area contributed by atoms with Gasteiger partial charge in [-0.1, -0.05) is 17.7 Å². The van der Waals surface area contributed by atoms with Crippen molar-refractivity contribution in [1.29, 1.82) is 5.26 Å². The molecule has 0 atom stereocenters. The number of aryl methyl sites for hydroxylation is 3. The highest BCUT2D eigenvalue weighted by atomic mass is 32.2. The zero-order valence-electron chi connectivity index (χ0n) is 13.3. The van der Waals surface area contributed by atoms with Crippen molar-refractivity contribution in [2.45, 2.75) is 25.7 Å². The van der Waals surface area contributed by atoms with Gasteiger partial charge in [-0.2, -0.15) is 5.26 Å². The van der Waals surface area contributed by atoms with Crippen LogP contribution in [0, 0.1) is 32.1 Å². The number of sulfonamides is 1. The maximum Gasteiger partial charge on any atom is 0.261 e. The molecule has 0 aliphatic carbocycles. The SMILES string of the molecule is Cc1ccc(S(=O)(=O)Nc2c(C)cc(C=CC#N)cc2C)cc1. The largest absolute Gasteiger partial charge is 0.279 e. The molecule has 0 saturated carbocycles. The smallest absolute Gasteiger partial charge is 0.261 e. The monoisotopic (exact) mass is 326 g/mol. The van der Waals surface area contributed by atoms with E-state index in [9.17, 15) is 8.42 Å². The molecular weight excluding hydrogens is 308 g/mol. The van der Waals surface area contributed by atoms with Crippen LogP contribution in [0.3, 0.4) is 0 Å². The lowest BCUT2D eigenvalue weighted by Crippen LogP contribution is -2.14. The van der Waals surface area contributed by atoms with Gasteiger partial charge in [0.1, 0.15) is 0 Å². The van der Waals surface area contributed by atoms with Gasteiger partial charge in [0, 0.05) is 6.08 Å². The topological polar surface area (TPSA) is 70.0 Å². The average Bonchev–Trinajstić information content (AvgIpc) is 2.49. The van der Waals surface area contributed by atoms with Crippen LogP contribution in [0.4, 0.5) is 5.69 Å². The molecule has 1 N–H and O–H groups in total. The Kier molecular flexibility index (Phi) is 4.87. The summed E-state index contributed by atoms with van der Waals surface area (Å²) in [5.74, 6) is 0. The zero-order chi connectivity index (χ0) is 17.0. The zero-order valence-corrected chi connectivity index (χ0v) is 14.1. The minimum atomic E-state index is -3.63. The predicted molar refractivity (Wildman–Crippen MR) is 92.6 cm³/mol. The molecule has 0 amide bonds. The summed E-state index contributed by atoms with van der Waals surface area (Å²) in [5, 5.41) is 8.59. The maximum absolute atomic E-state index is 12.5. The Morgan fingerprint density at radius 2 is 1.61 bits per heavy atom. The van der Waals surface area contributed by atoms with Crippen LogP contribution in [-0.2, 0) is 10.0 Å². The first-order chi connectivity index (χ1) is 10.8. The minimum Gasteiger partial charge on any atom is -0.279 e. The number of nitrogens with zero attached hydrogens (tertiary/aromatic N) is 1. The van der Waals surface area contributed by atoms with Crippen molar-refractivity contribution >= 4 is 21.8 Å². The molecule has 0 fully saturated rings. The molecule has 0 aromatic heterocycles. The molecule has 2 aromatic carbocycles. The van der Waals surface area contributed by atoms with Crippen molar-refractivity contribution < 1.29 is 8.42 Å². The van der Waals surface area contributed by atoms with Gasteiger partial charge >= 0.3 is 0 Å². The lowest BCUT2D eigenvalue weighted by molar-refractivity contribution is 0.601. The molecule has 0 radical (unpaired) electrons. The molecule has 2 rings (SSSR count). The second-order valence-electron chi connectivity index (χ2n) is 5.41. The summed E-state index contributed by atoms with van der Waals surface area (Å²) >= 11 is 0. The van der Waals surface area contributed by atoms with Crippen LogP contribution in [0.25, 0.3) is 6.08 Å². The van der Waals surface area contributed by atoms with E-state index in [2.05, 4.69) is 4.72 Å². The molecule has 2 aromatic rings. The first-order valence-corrected chi connectivity index (χ1v) is 8.59. The van der Waals surface area contributed by atoms with E-state index in [1.807, 2.05) is 39.0 Å². The first-order valence-electron chi connectivity index (χ1n) is 7.10. The predicted octanol–water partition coefficient (Wildman–Crippen LogP) is 3.95. The summed E-state index contributed by atoms with van der Waals surface area (Å²) in [7, 11) is -3.63. The molecule has 0 spiro atoms. The highest BCUT2D eigenvalue weighted by Gasteiger charge is 2.16. The number of hydrogen-bond donors (Lipinski definition) is 1. The summed E-state index contributed by atoms with van der Waals surface area (Å²) in [6, 6.07) is 12.3. The average molecular weight is 326 g/mol. The second kappa shape index (κ2) is 6.67. The highest BCUT2D eigenvalue weighted by Crippen LogP contribution is 2.26. The van der Waals surface area contributed by atoms with Gasteiger partial charge in [-0.05, 0) is 67.8 Å². The van der Waals surface area contributed by atoms with Crippen molar-refractivity contribution in [3.63, 3.8) is 0 Å². The normalized spacial score (nSPS) is 11.4. The third-order valence-electron chi connectivity index (χ3n) is 3.47. The minimum absolute atomic E-state index is 0.232. The van der Waals surface area contributed by atoms with E-state index >= 15 is 0 Å². The molecule has 4 nitrogen and oxygen atoms in total. The van der Waals surface area contributed by atoms with Gasteiger partial charge < -0.3 is 0 Å². The number of allylic oxidation sites excluding steroid dienone is 1. The molecule has 118 valence electrons. The summed E-state index contributed by atoms with van der Waals surface area (Å²) in [6.07, 6.45) is 3.09. The Morgan fingerprint density at radius 1 is 1.04 bits per heavy atom. The number of rotatable bonds is 4. The number of hydrogen-bond acceptors (Lipinski definition) is 3. The van der Waals surface area contributed by atoms with Crippen LogP contribution in [0.15, 0.2) is 47.4 Å². The highest BCUT2D eigenvalue weighted by molar-refractivity contribution is 7.92. The second-order valence-corrected chi connectivity index (χ2v) is 7.09. The summed E-state index contributed by atoms with van der Waals surface area (Å²) in [5.41, 5.74) is 4.04. The van der Waals surface area contributed by atoms with E-state index in [1.54, 1.807) is 30.3 Å². The van der Waals surface area contributed by atoms with Crippen LogP contribution in [0.5, 0.6) is 0 Å². The van der Waals surface area contributed by atoms with Crippen LogP contribution in [0.2, 0.25) is 0 Å². The van der Waals surface area contributed by atoms with Gasteiger partial charge in [0.25, 0.3) is 10.0 Å². The Bertz CT molecular complexity index is 867. The molecule has 0 saturated heterocycles. The van der Waals surface area contributed by atoms with E-state index in [4.69, 9.17) is 5.26 Å². The number of nitriles is 1. The van der Waals surface area contributed by atoms with Crippen molar-refractivity contribution in [1.82, 2.24) is 0 Å². The third-order valence-corrected chi connectivity index (χ3v) is 4.84. The van der Waals surface area contributed by atoms with Crippen LogP contribution < -0.4 is 4.72 Å². The first kappa shape index (κ1) is 16.8. The Morgan fingerprint density at radius 3 is 2.13 bits per heavy atom. The molecule has 0 aliphatic rings. The van der Waals surface area contributed by atoms with Crippen LogP contribution in [-0.4, -0.2) is 8.42 Å². The molecule has 0 bridgehead atoms. The standard InChI is InChI=1S/C18H18N2O2S/c1-13-6-8-17(9-7-13)23(21,22)20-18-14(2)11-16(5-4-10-19)12-15(18)3/h4-9,11-12,20H,1-3H3. The van der Waals surface area contributed by atoms with Gasteiger partial charge in [-0.15, -0.1) is 0 Å². The molecule has 23 heavy (non-hydrogen) atoms. The number of nitrogens with one attached hydrogen (secondary N) is 1. The fourth-order valence-electron chi connectivity index (χ4n) is 2.30. The van der Waals surface area contributed by atoms with E-state index in [-0.39, 0.29) is 4.90 Å². The van der Waals surface area contributed by atoms with Crippen molar-refractivity contribution in [2.75, 3.05) is 4.72 Å². The molecule has 0 heterocycles. The summed E-state index contributed by atoms with van der Waals surface area (Å²) in [4.78, 5) is 0.232. The Labute approximate surface area is 137 Å². The van der Waals surface area contributed by atoms with Crippen molar-refractivity contribution in [3.8, 4) is 6.07 Å². The third kappa shape index (κ3) is 3.99. The lowest BCUT2D eigenvalue weighted by atomic mass is 10.0. The van der Waals surface area contributed by atoms with Crippen molar-refractivity contribution in [3.05, 3.63) is 64.7 Å². The Balaban J connectivity index is 2.38. The van der Waals surface area contributed by atoms with Gasteiger partial charge in [0.2, 0.25) is 0 Å². The van der Waals surface area contributed by atoms with Gasteiger partial charge in [0.15, 0.2) is 0 Å². The van der Waals surface area contributed by atoms with Crippen LogP contribution in [0.1, 0.15) is 22.3 Å². The number of anilines is 1. The molecular formula is C18H18N2O2S. The van der Waals surface area contributed by atoms with E-state index in [0.29, 0.717) is 5.69 Å². The van der Waals surface area contributed by atoms with Gasteiger partial charge in [0.05, 0.1) is 16.7 Å². The number of benzene rings is 2. The van der Waals surface area contributed by atoms with E-state index < -0.39 is 10.0 Å².